The zero-order valence-corrected chi connectivity index (χ0v) is 7.36. The molecule has 1 heterocycles. The highest BCUT2D eigenvalue weighted by Crippen LogP contribution is 2.06. The lowest BCUT2D eigenvalue weighted by molar-refractivity contribution is 0.275. The van der Waals surface area contributed by atoms with Crippen molar-refractivity contribution in [2.75, 3.05) is 18.5 Å². The van der Waals surface area contributed by atoms with Crippen LogP contribution in [-0.2, 0) is 6.61 Å². The maximum absolute atomic E-state index is 8.71. The van der Waals surface area contributed by atoms with Crippen LogP contribution in [0.4, 0.5) is 5.82 Å². The summed E-state index contributed by atoms with van der Waals surface area (Å²) in [6, 6.07) is 3.62. The van der Waals surface area contributed by atoms with E-state index in [1.54, 1.807) is 6.07 Å². The molecule has 0 fully saturated rings. The number of hydrogen-bond acceptors (Lipinski definition) is 4. The monoisotopic (exact) mass is 167 g/mol. The van der Waals surface area contributed by atoms with Gasteiger partial charge in [-0.05, 0) is 19.1 Å². The van der Waals surface area contributed by atoms with Gasteiger partial charge in [-0.3, -0.25) is 0 Å². The number of aliphatic hydroxyl groups is 1. The highest BCUT2D eigenvalue weighted by atomic mass is 16.3. The van der Waals surface area contributed by atoms with Gasteiger partial charge in [-0.25, -0.2) is 0 Å². The second-order valence-electron chi connectivity index (χ2n) is 2.56. The topological polar surface area (TPSA) is 49.2 Å². The molecule has 0 atom stereocenters. The fourth-order valence-corrected chi connectivity index (χ4v) is 0.803. The molecule has 1 rings (SSSR count). The number of aromatic nitrogens is 2. The molecule has 0 saturated heterocycles. The fraction of sp³-hybridized carbons (Fsp3) is 0.500. The highest BCUT2D eigenvalue weighted by molar-refractivity contribution is 5.35. The Morgan fingerprint density at radius 2 is 2.17 bits per heavy atom. The van der Waals surface area contributed by atoms with E-state index in [4.69, 9.17) is 5.11 Å². The van der Waals surface area contributed by atoms with Gasteiger partial charge in [0.1, 0.15) is 0 Å². The van der Waals surface area contributed by atoms with Gasteiger partial charge in [0.15, 0.2) is 5.82 Å². The van der Waals surface area contributed by atoms with E-state index in [2.05, 4.69) is 10.2 Å². The largest absolute Gasteiger partial charge is 0.390 e. The lowest BCUT2D eigenvalue weighted by Gasteiger charge is -2.13. The molecule has 0 aliphatic carbocycles. The Labute approximate surface area is 71.9 Å². The fourth-order valence-electron chi connectivity index (χ4n) is 0.803. The van der Waals surface area contributed by atoms with Gasteiger partial charge in [0, 0.05) is 13.6 Å². The molecule has 66 valence electrons. The van der Waals surface area contributed by atoms with Crippen molar-refractivity contribution in [2.45, 2.75) is 13.5 Å². The summed E-state index contributed by atoms with van der Waals surface area (Å²) < 4.78 is 0. The van der Waals surface area contributed by atoms with E-state index in [0.29, 0.717) is 5.69 Å². The summed E-state index contributed by atoms with van der Waals surface area (Å²) in [6.45, 7) is 2.89. The van der Waals surface area contributed by atoms with Crippen molar-refractivity contribution in [3.8, 4) is 0 Å². The summed E-state index contributed by atoms with van der Waals surface area (Å²) in [5, 5.41) is 16.5. The normalized spacial score (nSPS) is 9.92. The summed E-state index contributed by atoms with van der Waals surface area (Å²) >= 11 is 0. The van der Waals surface area contributed by atoms with E-state index in [1.165, 1.54) is 0 Å². The van der Waals surface area contributed by atoms with Gasteiger partial charge < -0.3 is 10.0 Å². The molecule has 0 unspecified atom stereocenters. The van der Waals surface area contributed by atoms with Gasteiger partial charge in [0.25, 0.3) is 0 Å². The smallest absolute Gasteiger partial charge is 0.150 e. The first kappa shape index (κ1) is 8.93. The highest BCUT2D eigenvalue weighted by Gasteiger charge is 1.99. The molecule has 12 heavy (non-hydrogen) atoms. The molecule has 0 saturated carbocycles. The summed E-state index contributed by atoms with van der Waals surface area (Å²) in [5.74, 6) is 0.828. The van der Waals surface area contributed by atoms with Crippen LogP contribution in [0.2, 0.25) is 0 Å². The average Bonchev–Trinajstić information content (AvgIpc) is 2.17. The molecule has 1 aromatic rings. The quantitative estimate of drug-likeness (QED) is 0.709. The maximum Gasteiger partial charge on any atom is 0.150 e. The van der Waals surface area contributed by atoms with Crippen LogP contribution in [-0.4, -0.2) is 28.9 Å². The van der Waals surface area contributed by atoms with E-state index in [0.717, 1.165) is 12.4 Å². The van der Waals surface area contributed by atoms with Gasteiger partial charge in [-0.2, -0.15) is 5.10 Å². The van der Waals surface area contributed by atoms with Crippen molar-refractivity contribution < 1.29 is 5.11 Å². The molecule has 0 bridgehead atoms. The van der Waals surface area contributed by atoms with Crippen LogP contribution in [0, 0.1) is 0 Å². The SMILES string of the molecule is CCN(C)c1ccc(CO)nn1. The molecule has 4 nitrogen and oxygen atoms in total. The van der Waals surface area contributed by atoms with Crippen molar-refractivity contribution in [3.05, 3.63) is 17.8 Å². The first-order valence-corrected chi connectivity index (χ1v) is 3.92. The Kier molecular flexibility index (Phi) is 2.99. The molecule has 4 heteroatoms. The lowest BCUT2D eigenvalue weighted by atomic mass is 10.4. The van der Waals surface area contributed by atoms with Crippen molar-refractivity contribution >= 4 is 5.82 Å². The van der Waals surface area contributed by atoms with E-state index >= 15 is 0 Å². The Bertz CT molecular complexity index is 235. The summed E-state index contributed by atoms with van der Waals surface area (Å²) in [4.78, 5) is 1.98. The molecular formula is C8H13N3O. The molecule has 0 radical (unpaired) electrons. The van der Waals surface area contributed by atoms with Gasteiger partial charge in [-0.1, -0.05) is 0 Å². The van der Waals surface area contributed by atoms with Gasteiger partial charge in [0.2, 0.25) is 0 Å². The minimum absolute atomic E-state index is 0.0525. The standard InChI is InChI=1S/C8H13N3O/c1-3-11(2)8-5-4-7(6-12)9-10-8/h4-5,12H,3,6H2,1-2H3. The average molecular weight is 167 g/mol. The zero-order chi connectivity index (χ0) is 8.97. The Morgan fingerprint density at radius 3 is 2.58 bits per heavy atom. The van der Waals surface area contributed by atoms with Crippen LogP contribution in [0.25, 0.3) is 0 Å². The second-order valence-corrected chi connectivity index (χ2v) is 2.56. The second kappa shape index (κ2) is 4.01. The number of anilines is 1. The summed E-state index contributed by atoms with van der Waals surface area (Å²) in [7, 11) is 1.95. The van der Waals surface area contributed by atoms with E-state index in [1.807, 2.05) is 24.9 Å². The molecule has 0 aliphatic rings. The van der Waals surface area contributed by atoms with Crippen LogP contribution in [0.1, 0.15) is 12.6 Å². The van der Waals surface area contributed by atoms with Crippen LogP contribution < -0.4 is 4.90 Å². The first-order chi connectivity index (χ1) is 5.77. The van der Waals surface area contributed by atoms with E-state index < -0.39 is 0 Å². The Balaban J connectivity index is 2.77. The number of aliphatic hydroxyl groups excluding tert-OH is 1. The summed E-state index contributed by atoms with van der Waals surface area (Å²) in [6.07, 6.45) is 0. The van der Waals surface area contributed by atoms with Crippen LogP contribution in [0.3, 0.4) is 0 Å². The third kappa shape index (κ3) is 1.92. The van der Waals surface area contributed by atoms with E-state index in [9.17, 15) is 0 Å². The van der Waals surface area contributed by atoms with Crippen LogP contribution in [0.15, 0.2) is 12.1 Å². The Morgan fingerprint density at radius 1 is 1.42 bits per heavy atom. The van der Waals surface area contributed by atoms with E-state index in [-0.39, 0.29) is 6.61 Å². The number of nitrogens with zero attached hydrogens (tertiary/aromatic N) is 3. The predicted molar refractivity (Wildman–Crippen MR) is 46.9 cm³/mol. The third-order valence-electron chi connectivity index (χ3n) is 1.73. The number of rotatable bonds is 3. The number of hydrogen-bond donors (Lipinski definition) is 1. The molecule has 0 aliphatic heterocycles. The van der Waals surface area contributed by atoms with Gasteiger partial charge >= 0.3 is 0 Å². The minimum Gasteiger partial charge on any atom is -0.390 e. The van der Waals surface area contributed by atoms with Gasteiger partial charge in [0.05, 0.1) is 12.3 Å². The van der Waals surface area contributed by atoms with Gasteiger partial charge in [-0.15, -0.1) is 5.10 Å². The van der Waals surface area contributed by atoms with Crippen molar-refractivity contribution in [2.24, 2.45) is 0 Å². The van der Waals surface area contributed by atoms with Crippen molar-refractivity contribution in [1.29, 1.82) is 0 Å². The maximum atomic E-state index is 8.71. The molecule has 0 spiro atoms. The molecule has 0 amide bonds. The van der Waals surface area contributed by atoms with Crippen molar-refractivity contribution in [3.63, 3.8) is 0 Å². The minimum atomic E-state index is -0.0525. The van der Waals surface area contributed by atoms with Crippen LogP contribution in [0.5, 0.6) is 0 Å². The zero-order valence-electron chi connectivity index (χ0n) is 7.36. The first-order valence-electron chi connectivity index (χ1n) is 3.92. The Hall–Kier alpha value is -1.16. The molecule has 0 aromatic carbocycles. The van der Waals surface area contributed by atoms with Crippen LogP contribution >= 0.6 is 0 Å². The summed E-state index contributed by atoms with van der Waals surface area (Å²) in [5.41, 5.74) is 0.600. The lowest BCUT2D eigenvalue weighted by Crippen LogP contribution is -2.17. The molecule has 1 aromatic heterocycles. The molecule has 1 N–H and O–H groups in total. The predicted octanol–water partition coefficient (Wildman–Crippen LogP) is 0.425. The van der Waals surface area contributed by atoms with Crippen molar-refractivity contribution in [1.82, 2.24) is 10.2 Å². The molecular weight excluding hydrogens is 154 g/mol. The third-order valence-corrected chi connectivity index (χ3v) is 1.73.